The molecule has 0 fully saturated rings. The molecule has 1 heterocycles. The summed E-state index contributed by atoms with van der Waals surface area (Å²) in [6, 6.07) is 17.5. The molecule has 9 nitrogen and oxygen atoms in total. The highest BCUT2D eigenvalue weighted by Gasteiger charge is 2.36. The van der Waals surface area contributed by atoms with E-state index in [1.165, 1.54) is 0 Å². The van der Waals surface area contributed by atoms with E-state index in [-0.39, 0.29) is 18.4 Å². The van der Waals surface area contributed by atoms with Gasteiger partial charge in [-0.1, -0.05) is 36.4 Å². The van der Waals surface area contributed by atoms with Crippen molar-refractivity contribution in [3.05, 3.63) is 77.4 Å². The van der Waals surface area contributed by atoms with Gasteiger partial charge >= 0.3 is 0 Å². The summed E-state index contributed by atoms with van der Waals surface area (Å²) in [5, 5.41) is 11.6. The average Bonchev–Trinajstić information content (AvgIpc) is 3.35. The summed E-state index contributed by atoms with van der Waals surface area (Å²) in [5.74, 6) is 0.358. The maximum atomic E-state index is 14.3. The number of carbonyl (C=O) groups is 2. The van der Waals surface area contributed by atoms with E-state index in [1.807, 2.05) is 77.1 Å². The minimum Gasteiger partial charge on any atom is -0.493 e. The number of para-hydroxylation sites is 1. The standard InChI is InChI=1S/C31H37N5O4/c1-8-31(4,5)32-30(38)29(22-14-16-26(39-6)27(18-22)40-7)36(23-15-13-20(2)21(3)17-23)28(37)19-35-25-12-10-9-11-24(25)33-34-35/h9-18,29H,8,19H2,1-7H3,(H,32,38)/t29-/m1/s1. The van der Waals surface area contributed by atoms with Crippen molar-refractivity contribution in [2.24, 2.45) is 0 Å². The maximum absolute atomic E-state index is 14.3. The van der Waals surface area contributed by atoms with Crippen molar-refractivity contribution in [1.29, 1.82) is 0 Å². The van der Waals surface area contributed by atoms with E-state index in [9.17, 15) is 9.59 Å². The second-order valence-electron chi connectivity index (χ2n) is 10.5. The summed E-state index contributed by atoms with van der Waals surface area (Å²) in [4.78, 5) is 30.0. The molecule has 9 heteroatoms. The number of benzene rings is 3. The fourth-order valence-electron chi connectivity index (χ4n) is 4.48. The molecule has 0 saturated heterocycles. The fraction of sp³-hybridized carbons (Fsp3) is 0.355. The first kappa shape index (κ1) is 28.6. The molecule has 1 atom stereocenters. The van der Waals surface area contributed by atoms with Crippen LogP contribution < -0.4 is 19.7 Å². The molecule has 0 bridgehead atoms. The van der Waals surface area contributed by atoms with Crippen LogP contribution in [0.5, 0.6) is 11.5 Å². The molecule has 210 valence electrons. The third-order valence-electron chi connectivity index (χ3n) is 7.32. The van der Waals surface area contributed by atoms with Crippen molar-refractivity contribution in [2.75, 3.05) is 19.1 Å². The lowest BCUT2D eigenvalue weighted by Crippen LogP contribution is -2.51. The van der Waals surface area contributed by atoms with Gasteiger partial charge in [0.15, 0.2) is 11.5 Å². The number of rotatable bonds is 10. The second kappa shape index (κ2) is 11.8. The van der Waals surface area contributed by atoms with Crippen molar-refractivity contribution in [1.82, 2.24) is 20.3 Å². The Balaban J connectivity index is 1.89. The number of aryl methyl sites for hydroxylation is 2. The lowest BCUT2D eigenvalue weighted by molar-refractivity contribution is -0.128. The zero-order valence-corrected chi connectivity index (χ0v) is 24.2. The molecule has 1 aromatic heterocycles. The second-order valence-corrected chi connectivity index (χ2v) is 10.5. The summed E-state index contributed by atoms with van der Waals surface area (Å²) in [5.41, 5.74) is 4.19. The zero-order chi connectivity index (χ0) is 29.0. The van der Waals surface area contributed by atoms with Gasteiger partial charge in [0.1, 0.15) is 18.1 Å². The van der Waals surface area contributed by atoms with Gasteiger partial charge in [0.25, 0.3) is 0 Å². The molecule has 0 spiro atoms. The van der Waals surface area contributed by atoms with Gasteiger partial charge in [-0.3, -0.25) is 14.5 Å². The number of aromatic nitrogens is 3. The normalized spacial score (nSPS) is 12.2. The van der Waals surface area contributed by atoms with Gasteiger partial charge < -0.3 is 14.8 Å². The molecule has 40 heavy (non-hydrogen) atoms. The van der Waals surface area contributed by atoms with Gasteiger partial charge in [-0.15, -0.1) is 5.10 Å². The van der Waals surface area contributed by atoms with Gasteiger partial charge in [-0.25, -0.2) is 4.68 Å². The Kier molecular flexibility index (Phi) is 8.42. The van der Waals surface area contributed by atoms with Gasteiger partial charge in [0, 0.05) is 11.2 Å². The number of carbonyl (C=O) groups excluding carboxylic acids is 2. The Morgan fingerprint density at radius 2 is 1.70 bits per heavy atom. The number of amides is 2. The van der Waals surface area contributed by atoms with Crippen molar-refractivity contribution >= 4 is 28.5 Å². The highest BCUT2D eigenvalue weighted by Crippen LogP contribution is 2.35. The Hall–Kier alpha value is -4.40. The fourth-order valence-corrected chi connectivity index (χ4v) is 4.48. The maximum Gasteiger partial charge on any atom is 0.249 e. The molecule has 0 aliphatic carbocycles. The monoisotopic (exact) mass is 543 g/mol. The van der Waals surface area contributed by atoms with E-state index in [1.54, 1.807) is 42.0 Å². The molecular formula is C31H37N5O4. The molecular weight excluding hydrogens is 506 g/mol. The van der Waals surface area contributed by atoms with Crippen molar-refractivity contribution < 1.29 is 19.1 Å². The highest BCUT2D eigenvalue weighted by atomic mass is 16.5. The molecule has 3 aromatic carbocycles. The van der Waals surface area contributed by atoms with Crippen LogP contribution in [-0.4, -0.2) is 46.6 Å². The number of nitrogens with zero attached hydrogens (tertiary/aromatic N) is 4. The van der Waals surface area contributed by atoms with Crippen molar-refractivity contribution in [3.8, 4) is 11.5 Å². The molecule has 0 unspecified atom stereocenters. The van der Waals surface area contributed by atoms with Gasteiger partial charge in [-0.2, -0.15) is 0 Å². The van der Waals surface area contributed by atoms with E-state index < -0.39 is 11.6 Å². The number of nitrogens with one attached hydrogen (secondary N) is 1. The summed E-state index contributed by atoms with van der Waals surface area (Å²) in [7, 11) is 3.10. The van der Waals surface area contributed by atoms with Crippen LogP contribution in [0.3, 0.4) is 0 Å². The minimum atomic E-state index is -1.00. The third kappa shape index (κ3) is 5.93. The number of hydrogen-bond acceptors (Lipinski definition) is 6. The van der Waals surface area contributed by atoms with Gasteiger partial charge in [-0.05, 0) is 87.2 Å². The van der Waals surface area contributed by atoms with Crippen LogP contribution in [0.4, 0.5) is 5.69 Å². The first-order chi connectivity index (χ1) is 19.1. The van der Waals surface area contributed by atoms with Crippen LogP contribution in [0.1, 0.15) is 49.9 Å². The van der Waals surface area contributed by atoms with E-state index in [4.69, 9.17) is 9.47 Å². The van der Waals surface area contributed by atoms with Crippen LogP contribution in [0, 0.1) is 13.8 Å². The molecule has 0 saturated carbocycles. The van der Waals surface area contributed by atoms with Crippen LogP contribution >= 0.6 is 0 Å². The van der Waals surface area contributed by atoms with E-state index in [2.05, 4.69) is 15.6 Å². The first-order valence-electron chi connectivity index (χ1n) is 13.3. The minimum absolute atomic E-state index is 0.109. The smallest absolute Gasteiger partial charge is 0.249 e. The van der Waals surface area contributed by atoms with Crippen LogP contribution in [0.25, 0.3) is 11.0 Å². The molecule has 0 aliphatic rings. The van der Waals surface area contributed by atoms with Crippen LogP contribution in [0.15, 0.2) is 60.7 Å². The number of hydrogen-bond donors (Lipinski definition) is 1. The molecule has 2 amide bonds. The predicted octanol–water partition coefficient (Wildman–Crippen LogP) is 5.14. The molecule has 4 aromatic rings. The SMILES string of the molecule is CCC(C)(C)NC(=O)[C@@H](c1ccc(OC)c(OC)c1)N(C(=O)Cn1nnc2ccccc21)c1ccc(C)c(C)c1. The summed E-state index contributed by atoms with van der Waals surface area (Å²) in [6.45, 7) is 9.81. The molecule has 4 rings (SSSR count). The molecule has 1 N–H and O–H groups in total. The molecule has 0 radical (unpaired) electrons. The summed E-state index contributed by atoms with van der Waals surface area (Å²) < 4.78 is 12.6. The third-order valence-corrected chi connectivity index (χ3v) is 7.32. The number of ether oxygens (including phenoxy) is 2. The highest BCUT2D eigenvalue weighted by molar-refractivity contribution is 6.02. The Morgan fingerprint density at radius 3 is 2.38 bits per heavy atom. The summed E-state index contributed by atoms with van der Waals surface area (Å²) in [6.07, 6.45) is 0.708. The van der Waals surface area contributed by atoms with Crippen molar-refractivity contribution in [3.63, 3.8) is 0 Å². The lowest BCUT2D eigenvalue weighted by atomic mass is 9.97. The lowest BCUT2D eigenvalue weighted by Gasteiger charge is -2.35. The van der Waals surface area contributed by atoms with Gasteiger partial charge in [0.2, 0.25) is 11.8 Å². The predicted molar refractivity (Wildman–Crippen MR) is 156 cm³/mol. The number of methoxy groups -OCH3 is 2. The van der Waals surface area contributed by atoms with Gasteiger partial charge in [0.05, 0.1) is 19.7 Å². The number of anilines is 1. The molecule has 0 aliphatic heterocycles. The van der Waals surface area contributed by atoms with E-state index in [0.717, 1.165) is 16.6 Å². The average molecular weight is 544 g/mol. The van der Waals surface area contributed by atoms with Crippen LogP contribution in [0.2, 0.25) is 0 Å². The van der Waals surface area contributed by atoms with Crippen molar-refractivity contribution in [2.45, 2.75) is 59.2 Å². The number of fused-ring (bicyclic) bond motifs is 1. The largest absolute Gasteiger partial charge is 0.493 e. The Bertz CT molecular complexity index is 1530. The topological polar surface area (TPSA) is 98.6 Å². The van der Waals surface area contributed by atoms with E-state index in [0.29, 0.717) is 34.7 Å². The van der Waals surface area contributed by atoms with E-state index >= 15 is 0 Å². The first-order valence-corrected chi connectivity index (χ1v) is 13.3. The summed E-state index contributed by atoms with van der Waals surface area (Å²) >= 11 is 0. The quantitative estimate of drug-likeness (QED) is 0.297. The zero-order valence-electron chi connectivity index (χ0n) is 24.2. The van der Waals surface area contributed by atoms with Crippen LogP contribution in [-0.2, 0) is 16.1 Å². The Morgan fingerprint density at radius 1 is 0.975 bits per heavy atom. The Labute approximate surface area is 235 Å².